The number of rotatable bonds is 2. The molecule has 2 N–H and O–H groups in total. The molecule has 0 aliphatic carbocycles. The van der Waals surface area contributed by atoms with E-state index in [0.29, 0.717) is 11.3 Å². The van der Waals surface area contributed by atoms with Crippen LogP contribution in [0.3, 0.4) is 0 Å². The predicted molar refractivity (Wildman–Crippen MR) is 88.5 cm³/mol. The van der Waals surface area contributed by atoms with Gasteiger partial charge in [0.05, 0.1) is 6.04 Å². The summed E-state index contributed by atoms with van der Waals surface area (Å²) < 4.78 is 18.9. The molecule has 0 saturated heterocycles. The first-order valence-corrected chi connectivity index (χ1v) is 7.82. The Balaban J connectivity index is 1.95. The average molecular weight is 329 g/mol. The highest BCUT2D eigenvalue weighted by atomic mass is 19.1. The molecule has 0 radical (unpaired) electrons. The van der Waals surface area contributed by atoms with Gasteiger partial charge in [-0.05, 0) is 51.1 Å². The number of aliphatic hydroxyl groups is 1. The fourth-order valence-electron chi connectivity index (χ4n) is 2.90. The van der Waals surface area contributed by atoms with Gasteiger partial charge in [-0.25, -0.2) is 4.39 Å². The summed E-state index contributed by atoms with van der Waals surface area (Å²) in [5.41, 5.74) is 1.23. The van der Waals surface area contributed by atoms with Gasteiger partial charge in [0.25, 0.3) is 5.91 Å². The van der Waals surface area contributed by atoms with Crippen LogP contribution in [0.25, 0.3) is 0 Å². The molecule has 0 unspecified atom stereocenters. The van der Waals surface area contributed by atoms with Gasteiger partial charge in [0, 0.05) is 11.1 Å². The first-order valence-electron chi connectivity index (χ1n) is 7.82. The van der Waals surface area contributed by atoms with Gasteiger partial charge >= 0.3 is 0 Å². The van der Waals surface area contributed by atoms with Crippen LogP contribution >= 0.6 is 0 Å². The molecule has 1 heterocycles. The molecule has 0 bridgehead atoms. The van der Waals surface area contributed by atoms with Gasteiger partial charge in [-0.15, -0.1) is 0 Å². The van der Waals surface area contributed by atoms with Crippen molar-refractivity contribution in [2.75, 3.05) is 0 Å². The predicted octanol–water partition coefficient (Wildman–Crippen LogP) is 3.14. The Hall–Kier alpha value is -2.40. The molecule has 1 amide bonds. The summed E-state index contributed by atoms with van der Waals surface area (Å²) in [7, 11) is 0. The van der Waals surface area contributed by atoms with Crippen molar-refractivity contribution >= 4 is 5.91 Å². The number of ether oxygens (including phenoxy) is 1. The van der Waals surface area contributed by atoms with Crippen LogP contribution in [-0.4, -0.2) is 22.7 Å². The van der Waals surface area contributed by atoms with Gasteiger partial charge < -0.3 is 15.2 Å². The van der Waals surface area contributed by atoms with Gasteiger partial charge in [0.1, 0.15) is 23.3 Å². The van der Waals surface area contributed by atoms with Gasteiger partial charge in [-0.1, -0.05) is 17.7 Å². The highest BCUT2D eigenvalue weighted by Gasteiger charge is 2.43. The summed E-state index contributed by atoms with van der Waals surface area (Å²) in [6.07, 6.45) is -0.920. The SMILES string of the molecule is Cc1ccc2c(c1)[C@H](NC(=O)c1ccc(F)cc1)[C@@H](O)C(C)(C)O2. The minimum atomic E-state index is -0.920. The number of benzene rings is 2. The van der Waals surface area contributed by atoms with E-state index in [-0.39, 0.29) is 5.91 Å². The fraction of sp³-hybridized carbons (Fsp3) is 0.316. The third-order valence-corrected chi connectivity index (χ3v) is 4.29. The number of amides is 1. The van der Waals surface area contributed by atoms with Crippen molar-refractivity contribution in [3.8, 4) is 5.75 Å². The second kappa shape index (κ2) is 5.91. The maximum Gasteiger partial charge on any atom is 0.251 e. The fourth-order valence-corrected chi connectivity index (χ4v) is 2.90. The molecular weight excluding hydrogens is 309 g/mol. The standard InChI is InChI=1S/C19H20FNO3/c1-11-4-9-15-14(10-11)16(17(22)19(2,3)24-15)21-18(23)12-5-7-13(20)8-6-12/h4-10,16-17,22H,1-3H3,(H,21,23)/t16-,17+/m0/s1. The molecule has 126 valence electrons. The van der Waals surface area contributed by atoms with Gasteiger partial charge in [0.2, 0.25) is 0 Å². The normalized spacial score (nSPS) is 21.5. The number of aliphatic hydroxyl groups excluding tert-OH is 1. The summed E-state index contributed by atoms with van der Waals surface area (Å²) in [5, 5.41) is 13.5. The Morgan fingerprint density at radius 1 is 1.21 bits per heavy atom. The second-order valence-corrected chi connectivity index (χ2v) is 6.65. The Labute approximate surface area is 140 Å². The Bertz CT molecular complexity index is 771. The van der Waals surface area contributed by atoms with E-state index in [2.05, 4.69) is 5.32 Å². The molecule has 24 heavy (non-hydrogen) atoms. The molecular formula is C19H20FNO3. The first kappa shape index (κ1) is 16.5. The Kier molecular flexibility index (Phi) is 4.05. The van der Waals surface area contributed by atoms with Crippen LogP contribution in [0.5, 0.6) is 5.75 Å². The molecule has 5 heteroatoms. The summed E-state index contributed by atoms with van der Waals surface area (Å²) >= 11 is 0. The molecule has 0 spiro atoms. The van der Waals surface area contributed by atoms with Crippen LogP contribution in [0.2, 0.25) is 0 Å². The van der Waals surface area contributed by atoms with Crippen molar-refractivity contribution in [2.24, 2.45) is 0 Å². The third kappa shape index (κ3) is 2.99. The number of hydrogen-bond acceptors (Lipinski definition) is 3. The lowest BCUT2D eigenvalue weighted by molar-refractivity contribution is -0.0627. The molecule has 1 aliphatic heterocycles. The Morgan fingerprint density at radius 2 is 1.88 bits per heavy atom. The van der Waals surface area contributed by atoms with Gasteiger partial charge in [0.15, 0.2) is 0 Å². The van der Waals surface area contributed by atoms with Crippen LogP contribution in [-0.2, 0) is 0 Å². The molecule has 1 aliphatic rings. The summed E-state index contributed by atoms with van der Waals surface area (Å²) in [4.78, 5) is 12.5. The van der Waals surface area contributed by atoms with Crippen LogP contribution in [0.15, 0.2) is 42.5 Å². The van der Waals surface area contributed by atoms with Crippen LogP contribution < -0.4 is 10.1 Å². The highest BCUT2D eigenvalue weighted by Crippen LogP contribution is 2.40. The average Bonchev–Trinajstić information content (AvgIpc) is 2.53. The summed E-state index contributed by atoms with van der Waals surface area (Å²) in [5.74, 6) is -0.135. The smallest absolute Gasteiger partial charge is 0.251 e. The number of aryl methyl sites for hydroxylation is 1. The highest BCUT2D eigenvalue weighted by molar-refractivity contribution is 5.94. The molecule has 0 aromatic heterocycles. The maximum atomic E-state index is 13.0. The molecule has 0 saturated carbocycles. The number of carbonyl (C=O) groups is 1. The number of nitrogens with one attached hydrogen (secondary N) is 1. The molecule has 2 atom stereocenters. The quantitative estimate of drug-likeness (QED) is 0.890. The molecule has 4 nitrogen and oxygen atoms in total. The number of halogens is 1. The molecule has 3 rings (SSSR count). The van der Waals surface area contributed by atoms with Crippen LogP contribution in [0.4, 0.5) is 4.39 Å². The zero-order valence-electron chi connectivity index (χ0n) is 13.8. The minimum Gasteiger partial charge on any atom is -0.485 e. The van der Waals surface area contributed by atoms with Gasteiger partial charge in [-0.3, -0.25) is 4.79 Å². The van der Waals surface area contributed by atoms with E-state index in [4.69, 9.17) is 4.74 Å². The monoisotopic (exact) mass is 329 g/mol. The lowest BCUT2D eigenvalue weighted by Crippen LogP contribution is -2.53. The van der Waals surface area contributed by atoms with Crippen molar-refractivity contribution in [1.82, 2.24) is 5.32 Å². The first-order chi connectivity index (χ1) is 11.3. The Morgan fingerprint density at radius 3 is 2.54 bits per heavy atom. The van der Waals surface area contributed by atoms with Crippen molar-refractivity contribution in [1.29, 1.82) is 0 Å². The van der Waals surface area contributed by atoms with Crippen LogP contribution in [0, 0.1) is 12.7 Å². The molecule has 2 aromatic carbocycles. The van der Waals surface area contributed by atoms with E-state index < -0.39 is 23.6 Å². The largest absolute Gasteiger partial charge is 0.485 e. The lowest BCUT2D eigenvalue weighted by Gasteiger charge is -2.42. The van der Waals surface area contributed by atoms with Crippen molar-refractivity contribution in [3.05, 3.63) is 65.0 Å². The molecule has 2 aromatic rings. The summed E-state index contributed by atoms with van der Waals surface area (Å²) in [6.45, 7) is 5.49. The number of hydrogen-bond donors (Lipinski definition) is 2. The lowest BCUT2D eigenvalue weighted by atomic mass is 9.86. The van der Waals surface area contributed by atoms with Crippen molar-refractivity contribution < 1.29 is 19.0 Å². The van der Waals surface area contributed by atoms with E-state index in [9.17, 15) is 14.3 Å². The third-order valence-electron chi connectivity index (χ3n) is 4.29. The van der Waals surface area contributed by atoms with E-state index in [0.717, 1.165) is 11.1 Å². The number of carbonyl (C=O) groups excluding carboxylic acids is 1. The van der Waals surface area contributed by atoms with E-state index >= 15 is 0 Å². The van der Waals surface area contributed by atoms with Gasteiger partial charge in [-0.2, -0.15) is 0 Å². The zero-order chi connectivity index (χ0) is 17.5. The maximum absolute atomic E-state index is 13.0. The van der Waals surface area contributed by atoms with E-state index in [1.54, 1.807) is 13.8 Å². The molecule has 0 fully saturated rings. The minimum absolute atomic E-state index is 0.335. The zero-order valence-corrected chi connectivity index (χ0v) is 13.8. The summed E-state index contributed by atoms with van der Waals surface area (Å²) in [6, 6.07) is 10.3. The second-order valence-electron chi connectivity index (χ2n) is 6.65. The van der Waals surface area contributed by atoms with Crippen LogP contribution in [0.1, 0.15) is 41.4 Å². The topological polar surface area (TPSA) is 58.6 Å². The van der Waals surface area contributed by atoms with Crippen molar-refractivity contribution in [2.45, 2.75) is 38.5 Å². The number of fused-ring (bicyclic) bond motifs is 1. The van der Waals surface area contributed by atoms with Crippen molar-refractivity contribution in [3.63, 3.8) is 0 Å². The van der Waals surface area contributed by atoms with E-state index in [1.807, 2.05) is 25.1 Å². The van der Waals surface area contributed by atoms with E-state index in [1.165, 1.54) is 24.3 Å².